The molecule has 3 aromatic carbocycles. The molecule has 0 aliphatic heterocycles. The maximum atomic E-state index is 12.3. The van der Waals surface area contributed by atoms with Crippen molar-refractivity contribution in [2.75, 3.05) is 24.0 Å². The lowest BCUT2D eigenvalue weighted by atomic mass is 10.2. The molecule has 0 spiro atoms. The van der Waals surface area contributed by atoms with Gasteiger partial charge in [0, 0.05) is 22.4 Å². The van der Waals surface area contributed by atoms with Gasteiger partial charge in [-0.3, -0.25) is 4.79 Å². The average molecular weight is 484 g/mol. The van der Waals surface area contributed by atoms with Crippen LogP contribution in [0.2, 0.25) is 0 Å². The number of hydrogen-bond donors (Lipinski definition) is 3. The fraction of sp³-hybridized carbons (Fsp3) is 0.208. The Labute approximate surface area is 191 Å². The average Bonchev–Trinajstić information content (AvgIpc) is 2.77. The van der Waals surface area contributed by atoms with Crippen LogP contribution in [0.15, 0.2) is 71.2 Å². The first-order valence-electron chi connectivity index (χ1n) is 10.0. The van der Waals surface area contributed by atoms with E-state index in [1.165, 1.54) is 0 Å². The first kappa shape index (κ1) is 22.7. The van der Waals surface area contributed by atoms with E-state index in [0.29, 0.717) is 24.7 Å². The van der Waals surface area contributed by atoms with Crippen LogP contribution in [-0.4, -0.2) is 19.1 Å². The maximum Gasteiger partial charge on any atom is 0.262 e. The number of nitrogens with one attached hydrogen (secondary N) is 3. The van der Waals surface area contributed by atoms with Gasteiger partial charge in [-0.25, -0.2) is 5.43 Å². The third kappa shape index (κ3) is 6.73. The minimum Gasteiger partial charge on any atom is -0.490 e. The number of hydrogen-bond acceptors (Lipinski definition) is 5. The molecule has 0 unspecified atom stereocenters. The van der Waals surface area contributed by atoms with Gasteiger partial charge in [-0.2, -0.15) is 0 Å². The second kappa shape index (κ2) is 11.4. The highest BCUT2D eigenvalue weighted by atomic mass is 79.9. The molecule has 0 saturated heterocycles. The number of ether oxygens (including phenoxy) is 2. The van der Waals surface area contributed by atoms with Crippen LogP contribution >= 0.6 is 15.9 Å². The van der Waals surface area contributed by atoms with E-state index in [2.05, 4.69) is 32.1 Å². The summed E-state index contributed by atoms with van der Waals surface area (Å²) in [7, 11) is 0. The summed E-state index contributed by atoms with van der Waals surface area (Å²) in [6.07, 6.45) is 0. The van der Waals surface area contributed by atoms with Crippen molar-refractivity contribution in [3.05, 3.63) is 82.3 Å². The molecule has 0 aliphatic carbocycles. The van der Waals surface area contributed by atoms with Gasteiger partial charge in [0.1, 0.15) is 0 Å². The van der Waals surface area contributed by atoms with Crippen LogP contribution in [-0.2, 0) is 11.3 Å². The molecule has 0 bridgehead atoms. The zero-order valence-corrected chi connectivity index (χ0v) is 19.2. The molecule has 7 heteroatoms. The zero-order valence-electron chi connectivity index (χ0n) is 17.6. The highest BCUT2D eigenvalue weighted by molar-refractivity contribution is 9.10. The van der Waals surface area contributed by atoms with Gasteiger partial charge < -0.3 is 20.2 Å². The fourth-order valence-electron chi connectivity index (χ4n) is 2.90. The first-order valence-corrected chi connectivity index (χ1v) is 10.8. The Morgan fingerprint density at radius 3 is 2.42 bits per heavy atom. The largest absolute Gasteiger partial charge is 0.490 e. The number of anilines is 2. The number of carbonyl (C=O) groups excluding carboxylic acids is 1. The summed E-state index contributed by atoms with van der Waals surface area (Å²) in [6.45, 7) is 4.78. The van der Waals surface area contributed by atoms with Crippen molar-refractivity contribution in [1.29, 1.82) is 0 Å². The predicted octanol–water partition coefficient (Wildman–Crippen LogP) is 5.29. The van der Waals surface area contributed by atoms with Crippen molar-refractivity contribution in [2.24, 2.45) is 0 Å². The van der Waals surface area contributed by atoms with Gasteiger partial charge in [0.25, 0.3) is 5.91 Å². The van der Waals surface area contributed by atoms with Crippen molar-refractivity contribution in [3.8, 4) is 11.5 Å². The Hall–Kier alpha value is -3.03. The summed E-state index contributed by atoms with van der Waals surface area (Å²) in [6, 6.07) is 21.2. The summed E-state index contributed by atoms with van der Waals surface area (Å²) in [5, 5.41) is 2.87. The monoisotopic (exact) mass is 483 g/mol. The number of amides is 1. The lowest BCUT2D eigenvalue weighted by molar-refractivity contribution is -0.118. The Kier molecular flexibility index (Phi) is 8.32. The standard InChI is InChI=1S/C24H26BrN3O3/c1-3-30-22-13-18(15-26-28-19-10-5-4-6-11-19)20(25)14-23(22)31-16-24(29)27-21-12-8-7-9-17(21)2/h4-14,26,28H,3,15-16H2,1-2H3,(H,27,29). The lowest BCUT2D eigenvalue weighted by Crippen LogP contribution is -2.22. The van der Waals surface area contributed by atoms with Crippen LogP contribution in [0, 0.1) is 6.92 Å². The van der Waals surface area contributed by atoms with Gasteiger partial charge in [0.15, 0.2) is 18.1 Å². The van der Waals surface area contributed by atoms with Gasteiger partial charge in [-0.05, 0) is 55.3 Å². The molecular weight excluding hydrogens is 458 g/mol. The molecule has 3 rings (SSSR count). The normalized spacial score (nSPS) is 10.4. The first-order chi connectivity index (χ1) is 15.1. The molecule has 0 fully saturated rings. The van der Waals surface area contributed by atoms with E-state index >= 15 is 0 Å². The predicted molar refractivity (Wildman–Crippen MR) is 128 cm³/mol. The molecule has 1 amide bonds. The second-order valence-electron chi connectivity index (χ2n) is 6.82. The Morgan fingerprint density at radius 2 is 1.68 bits per heavy atom. The van der Waals surface area contributed by atoms with Crippen LogP contribution < -0.4 is 25.6 Å². The van der Waals surface area contributed by atoms with Gasteiger partial charge >= 0.3 is 0 Å². The number of carbonyl (C=O) groups is 1. The van der Waals surface area contributed by atoms with Gasteiger partial charge in [-0.15, -0.1) is 0 Å². The lowest BCUT2D eigenvalue weighted by Gasteiger charge is -2.16. The summed E-state index contributed by atoms with van der Waals surface area (Å²) in [5.41, 5.74) is 10.1. The van der Waals surface area contributed by atoms with Crippen LogP contribution in [0.3, 0.4) is 0 Å². The number of rotatable bonds is 10. The highest BCUT2D eigenvalue weighted by Crippen LogP contribution is 2.34. The van der Waals surface area contributed by atoms with Crippen molar-refractivity contribution in [1.82, 2.24) is 5.43 Å². The van der Waals surface area contributed by atoms with Crippen molar-refractivity contribution in [3.63, 3.8) is 0 Å². The summed E-state index contributed by atoms with van der Waals surface area (Å²) in [4.78, 5) is 12.3. The van der Waals surface area contributed by atoms with E-state index in [1.807, 2.05) is 80.6 Å². The summed E-state index contributed by atoms with van der Waals surface area (Å²) >= 11 is 3.59. The second-order valence-corrected chi connectivity index (χ2v) is 7.67. The molecule has 0 atom stereocenters. The molecule has 6 nitrogen and oxygen atoms in total. The van der Waals surface area contributed by atoms with Crippen molar-refractivity contribution in [2.45, 2.75) is 20.4 Å². The molecule has 0 radical (unpaired) electrons. The number of para-hydroxylation sites is 2. The topological polar surface area (TPSA) is 71.6 Å². The summed E-state index contributed by atoms with van der Waals surface area (Å²) in [5.74, 6) is 0.866. The Morgan fingerprint density at radius 1 is 0.968 bits per heavy atom. The molecule has 0 saturated carbocycles. The van der Waals surface area contributed by atoms with E-state index in [-0.39, 0.29) is 12.5 Å². The smallest absolute Gasteiger partial charge is 0.262 e. The molecule has 3 aromatic rings. The number of halogens is 1. The quantitative estimate of drug-likeness (QED) is 0.341. The van der Waals surface area contributed by atoms with Crippen molar-refractivity contribution >= 4 is 33.2 Å². The van der Waals surface area contributed by atoms with Crippen LogP contribution in [0.1, 0.15) is 18.1 Å². The van der Waals surface area contributed by atoms with Gasteiger partial charge in [0.05, 0.1) is 6.61 Å². The molecule has 0 aliphatic rings. The Bertz CT molecular complexity index is 1010. The number of hydrazine groups is 1. The fourth-order valence-corrected chi connectivity index (χ4v) is 3.36. The third-order valence-corrected chi connectivity index (χ3v) is 5.21. The molecule has 3 N–H and O–H groups in total. The summed E-state index contributed by atoms with van der Waals surface area (Å²) < 4.78 is 12.4. The van der Waals surface area contributed by atoms with Crippen molar-refractivity contribution < 1.29 is 14.3 Å². The number of aryl methyl sites for hydroxylation is 1. The highest BCUT2D eigenvalue weighted by Gasteiger charge is 2.13. The molecule has 0 aromatic heterocycles. The van der Waals surface area contributed by atoms with Crippen LogP contribution in [0.25, 0.3) is 0 Å². The zero-order chi connectivity index (χ0) is 22.1. The Balaban J connectivity index is 1.62. The molecular formula is C24H26BrN3O3. The minimum atomic E-state index is -0.231. The number of benzene rings is 3. The van der Waals surface area contributed by atoms with Gasteiger partial charge in [-0.1, -0.05) is 52.3 Å². The minimum absolute atomic E-state index is 0.117. The van der Waals surface area contributed by atoms with E-state index in [1.54, 1.807) is 0 Å². The van der Waals surface area contributed by atoms with Crippen LogP contribution in [0.4, 0.5) is 11.4 Å². The molecule has 31 heavy (non-hydrogen) atoms. The van der Waals surface area contributed by atoms with E-state index in [0.717, 1.165) is 27.0 Å². The molecule has 162 valence electrons. The SMILES string of the molecule is CCOc1cc(CNNc2ccccc2)c(Br)cc1OCC(=O)Nc1ccccc1C. The van der Waals surface area contributed by atoms with Crippen LogP contribution in [0.5, 0.6) is 11.5 Å². The van der Waals surface area contributed by atoms with E-state index < -0.39 is 0 Å². The van der Waals surface area contributed by atoms with E-state index in [9.17, 15) is 4.79 Å². The van der Waals surface area contributed by atoms with E-state index in [4.69, 9.17) is 9.47 Å². The van der Waals surface area contributed by atoms with Gasteiger partial charge in [0.2, 0.25) is 0 Å². The maximum absolute atomic E-state index is 12.3. The molecule has 0 heterocycles. The third-order valence-electron chi connectivity index (χ3n) is 4.48.